The van der Waals surface area contributed by atoms with Crippen LogP contribution in [0.3, 0.4) is 0 Å². The van der Waals surface area contributed by atoms with Gasteiger partial charge in [0, 0.05) is 31.4 Å². The topological polar surface area (TPSA) is 69.6 Å². The van der Waals surface area contributed by atoms with Crippen molar-refractivity contribution in [3.63, 3.8) is 0 Å². The van der Waals surface area contributed by atoms with Gasteiger partial charge in [-0.1, -0.05) is 0 Å². The summed E-state index contributed by atoms with van der Waals surface area (Å²) in [5.41, 5.74) is 0.885. The van der Waals surface area contributed by atoms with Crippen LogP contribution in [-0.2, 0) is 16.0 Å². The van der Waals surface area contributed by atoms with Crippen molar-refractivity contribution in [1.82, 2.24) is 10.2 Å². The van der Waals surface area contributed by atoms with E-state index in [1.807, 2.05) is 16.3 Å². The number of hydrogen-bond donors (Lipinski definition) is 2. The lowest BCUT2D eigenvalue weighted by molar-refractivity contribution is -0.144. The van der Waals surface area contributed by atoms with Crippen molar-refractivity contribution in [3.05, 3.63) is 21.9 Å². The molecule has 5 nitrogen and oxygen atoms in total. The molecule has 2 N–H and O–H groups in total. The van der Waals surface area contributed by atoms with E-state index >= 15 is 0 Å². The molecule has 1 aromatic heterocycles. The predicted octanol–water partition coefficient (Wildman–Crippen LogP) is 0.868. The number of nitrogens with zero attached hydrogens (tertiary/aromatic N) is 1. The van der Waals surface area contributed by atoms with Crippen LogP contribution >= 0.6 is 11.3 Å². The molecule has 98 valence electrons. The second-order valence-corrected chi connectivity index (χ2v) is 5.25. The Morgan fingerprint density at radius 1 is 1.61 bits per heavy atom. The molecule has 0 spiro atoms. The average molecular weight is 268 g/mol. The molecular weight excluding hydrogens is 252 g/mol. The molecule has 2 rings (SSSR count). The standard InChI is InChI=1S/C12H16N2O3S/c1-13-10(15)3-6-14-5-2-9-8(4-7-18-9)11(14)12(16)17/h4,7,11H,2-3,5-6H2,1H3,(H,13,15)(H,16,17). The SMILES string of the molecule is CNC(=O)CCN1CCc2sccc2C1C(=O)O. The van der Waals surface area contributed by atoms with Gasteiger partial charge in [-0.15, -0.1) is 11.3 Å². The van der Waals surface area contributed by atoms with Crippen LogP contribution in [0, 0.1) is 0 Å². The highest BCUT2D eigenvalue weighted by Crippen LogP contribution is 2.33. The van der Waals surface area contributed by atoms with E-state index in [0.717, 1.165) is 16.9 Å². The van der Waals surface area contributed by atoms with Gasteiger partial charge in [-0.05, 0) is 23.4 Å². The quantitative estimate of drug-likeness (QED) is 0.850. The summed E-state index contributed by atoms with van der Waals surface area (Å²) in [5, 5.41) is 13.8. The Morgan fingerprint density at radius 3 is 3.06 bits per heavy atom. The number of hydrogen-bond acceptors (Lipinski definition) is 4. The second-order valence-electron chi connectivity index (χ2n) is 4.25. The van der Waals surface area contributed by atoms with Crippen LogP contribution in [-0.4, -0.2) is 42.0 Å². The first-order valence-corrected chi connectivity index (χ1v) is 6.75. The van der Waals surface area contributed by atoms with E-state index in [9.17, 15) is 14.7 Å². The fourth-order valence-electron chi connectivity index (χ4n) is 2.27. The highest BCUT2D eigenvalue weighted by atomic mass is 32.1. The number of thiophene rings is 1. The smallest absolute Gasteiger partial charge is 0.325 e. The average Bonchev–Trinajstić information content (AvgIpc) is 2.82. The molecule has 1 aliphatic rings. The minimum atomic E-state index is -0.841. The summed E-state index contributed by atoms with van der Waals surface area (Å²) in [7, 11) is 1.59. The van der Waals surface area contributed by atoms with Crippen molar-refractivity contribution < 1.29 is 14.7 Å². The van der Waals surface area contributed by atoms with Crippen LogP contribution < -0.4 is 5.32 Å². The molecule has 2 heterocycles. The Kier molecular flexibility index (Phi) is 3.98. The minimum absolute atomic E-state index is 0.0599. The molecule has 0 aromatic carbocycles. The van der Waals surface area contributed by atoms with E-state index in [0.29, 0.717) is 19.5 Å². The number of fused-ring (bicyclic) bond motifs is 1. The van der Waals surface area contributed by atoms with Gasteiger partial charge in [0.25, 0.3) is 0 Å². The summed E-state index contributed by atoms with van der Waals surface area (Å²) < 4.78 is 0. The maximum Gasteiger partial charge on any atom is 0.325 e. The summed E-state index contributed by atoms with van der Waals surface area (Å²) in [6.07, 6.45) is 1.20. The van der Waals surface area contributed by atoms with E-state index in [1.165, 1.54) is 0 Å². The van der Waals surface area contributed by atoms with Gasteiger partial charge in [0.05, 0.1) is 0 Å². The Labute approximate surface area is 109 Å². The normalized spacial score (nSPS) is 19.3. The Balaban J connectivity index is 2.12. The Bertz CT molecular complexity index is 458. The van der Waals surface area contributed by atoms with E-state index < -0.39 is 12.0 Å². The highest BCUT2D eigenvalue weighted by Gasteiger charge is 2.33. The van der Waals surface area contributed by atoms with Crippen molar-refractivity contribution in [2.24, 2.45) is 0 Å². The van der Waals surface area contributed by atoms with Crippen LogP contribution in [0.4, 0.5) is 0 Å². The molecule has 0 bridgehead atoms. The molecule has 1 aromatic rings. The van der Waals surface area contributed by atoms with Crippen LogP contribution in [0.2, 0.25) is 0 Å². The van der Waals surface area contributed by atoms with Crippen molar-refractivity contribution in [2.75, 3.05) is 20.1 Å². The lowest BCUT2D eigenvalue weighted by Gasteiger charge is -2.32. The summed E-state index contributed by atoms with van der Waals surface area (Å²) in [4.78, 5) is 25.7. The predicted molar refractivity (Wildman–Crippen MR) is 68.7 cm³/mol. The molecule has 0 aliphatic carbocycles. The third kappa shape index (κ3) is 2.54. The molecule has 1 aliphatic heterocycles. The fraction of sp³-hybridized carbons (Fsp3) is 0.500. The molecule has 0 radical (unpaired) electrons. The Hall–Kier alpha value is -1.40. The van der Waals surface area contributed by atoms with Gasteiger partial charge in [0.15, 0.2) is 0 Å². The molecule has 18 heavy (non-hydrogen) atoms. The third-order valence-electron chi connectivity index (χ3n) is 3.20. The maximum absolute atomic E-state index is 11.4. The molecular formula is C12H16N2O3S. The molecule has 1 unspecified atom stereocenters. The molecule has 0 saturated carbocycles. The zero-order chi connectivity index (χ0) is 13.1. The van der Waals surface area contributed by atoms with Crippen molar-refractivity contribution in [2.45, 2.75) is 18.9 Å². The van der Waals surface area contributed by atoms with Gasteiger partial charge in [-0.3, -0.25) is 14.5 Å². The number of carbonyl (C=O) groups excluding carboxylic acids is 1. The zero-order valence-electron chi connectivity index (χ0n) is 10.2. The zero-order valence-corrected chi connectivity index (χ0v) is 11.0. The minimum Gasteiger partial charge on any atom is -0.480 e. The van der Waals surface area contributed by atoms with E-state index in [2.05, 4.69) is 5.32 Å². The summed E-state index contributed by atoms with van der Waals surface area (Å²) in [6.45, 7) is 1.17. The van der Waals surface area contributed by atoms with E-state index in [-0.39, 0.29) is 5.91 Å². The number of amides is 1. The highest BCUT2D eigenvalue weighted by molar-refractivity contribution is 7.10. The van der Waals surface area contributed by atoms with Crippen LogP contribution in [0.25, 0.3) is 0 Å². The van der Waals surface area contributed by atoms with Crippen LogP contribution in [0.5, 0.6) is 0 Å². The molecule has 1 amide bonds. The fourth-order valence-corrected chi connectivity index (χ4v) is 3.17. The van der Waals surface area contributed by atoms with Crippen molar-refractivity contribution in [3.8, 4) is 0 Å². The lowest BCUT2D eigenvalue weighted by atomic mass is 10.00. The molecule has 6 heteroatoms. The van der Waals surface area contributed by atoms with E-state index in [4.69, 9.17) is 0 Å². The van der Waals surface area contributed by atoms with Gasteiger partial charge in [0.1, 0.15) is 6.04 Å². The van der Waals surface area contributed by atoms with Gasteiger partial charge in [0.2, 0.25) is 5.91 Å². The van der Waals surface area contributed by atoms with Gasteiger partial charge < -0.3 is 10.4 Å². The maximum atomic E-state index is 11.4. The number of carbonyl (C=O) groups is 2. The second kappa shape index (κ2) is 5.49. The number of rotatable bonds is 4. The largest absolute Gasteiger partial charge is 0.480 e. The first-order chi connectivity index (χ1) is 8.63. The number of aliphatic carboxylic acids is 1. The third-order valence-corrected chi connectivity index (χ3v) is 4.20. The van der Waals surface area contributed by atoms with Gasteiger partial charge in [-0.2, -0.15) is 0 Å². The number of carboxylic acids is 1. The molecule has 0 saturated heterocycles. The summed E-state index contributed by atoms with van der Waals surface area (Å²) >= 11 is 1.61. The first-order valence-electron chi connectivity index (χ1n) is 5.87. The molecule has 0 fully saturated rings. The number of carboxylic acid groups (broad SMARTS) is 1. The summed E-state index contributed by atoms with van der Waals surface area (Å²) in [5.74, 6) is -0.901. The van der Waals surface area contributed by atoms with Gasteiger partial charge in [-0.25, -0.2) is 0 Å². The molecule has 1 atom stereocenters. The monoisotopic (exact) mass is 268 g/mol. The lowest BCUT2D eigenvalue weighted by Crippen LogP contribution is -2.40. The number of nitrogens with one attached hydrogen (secondary N) is 1. The first kappa shape index (κ1) is 13.0. The van der Waals surface area contributed by atoms with Crippen LogP contribution in [0.1, 0.15) is 22.9 Å². The van der Waals surface area contributed by atoms with Gasteiger partial charge >= 0.3 is 5.97 Å². The van der Waals surface area contributed by atoms with E-state index in [1.54, 1.807) is 18.4 Å². The summed E-state index contributed by atoms with van der Waals surface area (Å²) in [6, 6.07) is 1.27. The Morgan fingerprint density at radius 2 is 2.39 bits per heavy atom. The van der Waals surface area contributed by atoms with Crippen molar-refractivity contribution in [1.29, 1.82) is 0 Å². The van der Waals surface area contributed by atoms with Crippen molar-refractivity contribution >= 4 is 23.2 Å². The van der Waals surface area contributed by atoms with Crippen LogP contribution in [0.15, 0.2) is 11.4 Å².